The van der Waals surface area contributed by atoms with Gasteiger partial charge >= 0.3 is 6.18 Å². The third-order valence-corrected chi connectivity index (χ3v) is 7.66. The van der Waals surface area contributed by atoms with Crippen molar-refractivity contribution in [2.45, 2.75) is 97.1 Å². The van der Waals surface area contributed by atoms with Gasteiger partial charge in [0.1, 0.15) is 0 Å². The highest BCUT2D eigenvalue weighted by Crippen LogP contribution is 2.38. The van der Waals surface area contributed by atoms with E-state index in [4.69, 9.17) is 0 Å². The second kappa shape index (κ2) is 18.2. The van der Waals surface area contributed by atoms with E-state index in [2.05, 4.69) is 47.2 Å². The number of rotatable bonds is 19. The van der Waals surface area contributed by atoms with Crippen molar-refractivity contribution in [3.63, 3.8) is 0 Å². The van der Waals surface area contributed by atoms with Crippen LogP contribution in [-0.4, -0.2) is 25.0 Å². The minimum absolute atomic E-state index is 0.370. The summed E-state index contributed by atoms with van der Waals surface area (Å²) in [7, 11) is 0. The summed E-state index contributed by atoms with van der Waals surface area (Å²) < 4.78 is 38.3. The molecule has 0 saturated carbocycles. The van der Waals surface area contributed by atoms with Crippen LogP contribution in [0.2, 0.25) is 0 Å². The largest absolute Gasteiger partial charge is 0.454 e. The lowest BCUT2D eigenvalue weighted by molar-refractivity contribution is -0.0885. The molecule has 0 saturated heterocycles. The molecule has 0 aromatic heterocycles. The summed E-state index contributed by atoms with van der Waals surface area (Å²) in [4.78, 5) is 14.0. The summed E-state index contributed by atoms with van der Waals surface area (Å²) in [6, 6.07) is 21.3. The molecule has 0 fully saturated rings. The maximum absolute atomic E-state index is 12.8. The van der Waals surface area contributed by atoms with Crippen LogP contribution >= 0.6 is 0 Å². The summed E-state index contributed by atoms with van der Waals surface area (Å²) in [5.74, 6) is -1.87. The lowest BCUT2D eigenvalue weighted by Gasteiger charge is -2.28. The second-order valence-corrected chi connectivity index (χ2v) is 11.1. The van der Waals surface area contributed by atoms with Gasteiger partial charge < -0.3 is 4.90 Å². The molecule has 0 radical (unpaired) electrons. The Morgan fingerprint density at radius 2 is 1.14 bits per heavy atom. The first-order valence-electron chi connectivity index (χ1n) is 15.9. The van der Waals surface area contributed by atoms with Crippen LogP contribution in [0.4, 0.5) is 30.2 Å². The molecule has 3 rings (SSSR count). The van der Waals surface area contributed by atoms with Crippen molar-refractivity contribution in [2.75, 3.05) is 18.0 Å². The van der Waals surface area contributed by atoms with Crippen LogP contribution in [0, 0.1) is 0 Å². The van der Waals surface area contributed by atoms with Gasteiger partial charge in [-0.2, -0.15) is 18.3 Å². The number of carbonyl (C=O) groups excluding carboxylic acids is 1. The van der Waals surface area contributed by atoms with Gasteiger partial charge in [0, 0.05) is 35.5 Å². The molecule has 0 bridgehead atoms. The predicted octanol–water partition coefficient (Wildman–Crippen LogP) is 12.0. The molecule has 3 aromatic carbocycles. The molecule has 7 heteroatoms. The van der Waals surface area contributed by atoms with Crippen LogP contribution in [-0.2, 0) is 0 Å². The molecule has 43 heavy (non-hydrogen) atoms. The molecular formula is C36H46F3N3O. The molecule has 232 valence electrons. The number of unbranched alkanes of at least 4 members (excludes halogenated alkanes) is 10. The van der Waals surface area contributed by atoms with Crippen molar-refractivity contribution in [1.29, 1.82) is 0 Å². The van der Waals surface area contributed by atoms with Gasteiger partial charge in [0.2, 0.25) is 0 Å². The highest BCUT2D eigenvalue weighted by molar-refractivity contribution is 6.00. The van der Waals surface area contributed by atoms with Crippen LogP contribution < -0.4 is 4.90 Å². The predicted molar refractivity (Wildman–Crippen MR) is 172 cm³/mol. The Bertz CT molecular complexity index is 1260. The highest BCUT2D eigenvalue weighted by atomic mass is 19.4. The summed E-state index contributed by atoms with van der Waals surface area (Å²) in [6.45, 7) is 6.50. The average molecular weight is 594 g/mol. The van der Waals surface area contributed by atoms with Crippen LogP contribution in [0.15, 0.2) is 83.0 Å². The molecule has 0 aliphatic rings. The van der Waals surface area contributed by atoms with Crippen LogP contribution in [0.5, 0.6) is 0 Å². The van der Waals surface area contributed by atoms with Gasteiger partial charge in [-0.1, -0.05) is 114 Å². The van der Waals surface area contributed by atoms with E-state index in [9.17, 15) is 18.0 Å². The number of hydrogen-bond donors (Lipinski definition) is 0. The number of carbonyl (C=O) groups is 1. The molecule has 0 amide bonds. The molecule has 0 N–H and O–H groups in total. The monoisotopic (exact) mass is 593 g/mol. The van der Waals surface area contributed by atoms with Crippen LogP contribution in [0.25, 0.3) is 11.1 Å². The number of alkyl halides is 3. The third-order valence-electron chi connectivity index (χ3n) is 7.66. The number of nitrogens with zero attached hydrogens (tertiary/aromatic N) is 3. The number of Topliss-reactive ketones (excluding diaryl/α,β-unsaturated/α-hetero) is 1. The van der Waals surface area contributed by atoms with E-state index in [0.717, 1.165) is 49.2 Å². The summed E-state index contributed by atoms with van der Waals surface area (Å²) in [5, 5.41) is 8.77. The Morgan fingerprint density at radius 1 is 0.628 bits per heavy atom. The number of azo groups is 1. The molecule has 0 heterocycles. The Balaban J connectivity index is 1.81. The maximum atomic E-state index is 12.8. The van der Waals surface area contributed by atoms with E-state index in [1.165, 1.54) is 82.0 Å². The smallest absolute Gasteiger partial charge is 0.371 e. The Kier molecular flexibility index (Phi) is 14.4. The standard InChI is InChI=1S/C36H46F3N3O/c1-3-5-7-9-11-17-27-42(28-18-12-10-8-6-4-2)34-22-16-14-20-32(34)31-19-13-15-21-33(31)41-40-30-25-23-29(24-26-30)35(43)36(37,38)39/h13-16,19-26H,3-12,17-18,27-28H2,1-2H3/b41-40+. The van der Waals surface area contributed by atoms with Gasteiger partial charge in [-0.3, -0.25) is 4.79 Å². The van der Waals surface area contributed by atoms with E-state index in [1.807, 2.05) is 30.3 Å². The van der Waals surface area contributed by atoms with Gasteiger partial charge in [-0.15, -0.1) is 5.11 Å². The van der Waals surface area contributed by atoms with Crippen LogP contribution in [0.3, 0.4) is 0 Å². The zero-order chi connectivity index (χ0) is 30.9. The fourth-order valence-electron chi connectivity index (χ4n) is 5.24. The van der Waals surface area contributed by atoms with Gasteiger partial charge in [-0.05, 0) is 49.2 Å². The van der Waals surface area contributed by atoms with Crippen molar-refractivity contribution in [1.82, 2.24) is 0 Å². The fourth-order valence-corrected chi connectivity index (χ4v) is 5.24. The van der Waals surface area contributed by atoms with Crippen molar-refractivity contribution in [3.8, 4) is 11.1 Å². The third kappa shape index (κ3) is 11.3. The van der Waals surface area contributed by atoms with E-state index < -0.39 is 17.5 Å². The summed E-state index contributed by atoms with van der Waals surface area (Å²) >= 11 is 0. The molecule has 0 atom stereocenters. The van der Waals surface area contributed by atoms with E-state index >= 15 is 0 Å². The minimum atomic E-state index is -4.91. The first-order chi connectivity index (χ1) is 20.8. The molecule has 0 spiro atoms. The lowest BCUT2D eigenvalue weighted by atomic mass is 10.0. The topological polar surface area (TPSA) is 45.0 Å². The second-order valence-electron chi connectivity index (χ2n) is 11.1. The number of hydrogen-bond acceptors (Lipinski definition) is 4. The number of halogens is 3. The fraction of sp³-hybridized carbons (Fsp3) is 0.472. The SMILES string of the molecule is CCCCCCCCN(CCCCCCCC)c1ccccc1-c1ccccc1/N=N/c1ccc(C(=O)C(F)(F)F)cc1. The molecule has 0 aliphatic heterocycles. The first-order valence-corrected chi connectivity index (χ1v) is 15.9. The lowest BCUT2D eigenvalue weighted by Crippen LogP contribution is -2.26. The number of para-hydroxylation sites is 1. The minimum Gasteiger partial charge on any atom is -0.371 e. The van der Waals surface area contributed by atoms with Crippen molar-refractivity contribution in [3.05, 3.63) is 78.4 Å². The van der Waals surface area contributed by atoms with E-state index in [0.29, 0.717) is 11.4 Å². The number of benzene rings is 3. The highest BCUT2D eigenvalue weighted by Gasteiger charge is 2.39. The normalized spacial score (nSPS) is 11.7. The van der Waals surface area contributed by atoms with Crippen LogP contribution in [0.1, 0.15) is 101 Å². The quantitative estimate of drug-likeness (QED) is 0.0788. The van der Waals surface area contributed by atoms with E-state index in [1.54, 1.807) is 0 Å². The first kappa shape index (κ1) is 34.0. The van der Waals surface area contributed by atoms with Crippen molar-refractivity contribution >= 4 is 22.8 Å². The Labute approximate surface area is 255 Å². The van der Waals surface area contributed by atoms with Gasteiger partial charge in [-0.25, -0.2) is 0 Å². The van der Waals surface area contributed by atoms with E-state index in [-0.39, 0.29) is 0 Å². The van der Waals surface area contributed by atoms with Crippen molar-refractivity contribution < 1.29 is 18.0 Å². The summed E-state index contributed by atoms with van der Waals surface area (Å²) in [5.41, 5.74) is 3.83. The molecule has 4 nitrogen and oxygen atoms in total. The molecule has 0 aliphatic carbocycles. The molecular weight excluding hydrogens is 547 g/mol. The van der Waals surface area contributed by atoms with Gasteiger partial charge in [0.05, 0.1) is 11.4 Å². The zero-order valence-electron chi connectivity index (χ0n) is 25.7. The summed E-state index contributed by atoms with van der Waals surface area (Å²) in [6.07, 6.45) is 10.1. The maximum Gasteiger partial charge on any atom is 0.454 e. The molecule has 3 aromatic rings. The Hall–Kier alpha value is -3.48. The van der Waals surface area contributed by atoms with Gasteiger partial charge in [0.25, 0.3) is 5.78 Å². The molecule has 0 unspecified atom stereocenters. The van der Waals surface area contributed by atoms with Gasteiger partial charge in [0.15, 0.2) is 0 Å². The zero-order valence-corrected chi connectivity index (χ0v) is 25.7. The van der Waals surface area contributed by atoms with Crippen molar-refractivity contribution in [2.24, 2.45) is 10.2 Å². The number of ketones is 1. The average Bonchev–Trinajstić information content (AvgIpc) is 3.02. The Morgan fingerprint density at radius 3 is 1.72 bits per heavy atom. The number of anilines is 1.